The quantitative estimate of drug-likeness (QED) is 0.264. The van der Waals surface area contributed by atoms with E-state index in [-0.39, 0.29) is 47.1 Å². The molecule has 3 N–H and O–H groups in total. The SMILES string of the molecule is CCNC(=NCc1ccc(N2CCC(O)CC2)c(F)c1)NCC1(c2ccccc2F)CC1.I. The van der Waals surface area contributed by atoms with Crippen LogP contribution in [0.5, 0.6) is 0 Å². The largest absolute Gasteiger partial charge is 0.393 e. The summed E-state index contributed by atoms with van der Waals surface area (Å²) in [6.45, 7) is 4.96. The molecule has 2 fully saturated rings. The van der Waals surface area contributed by atoms with Crippen molar-refractivity contribution < 1.29 is 13.9 Å². The predicted octanol–water partition coefficient (Wildman–Crippen LogP) is 4.33. The number of hydrogen-bond acceptors (Lipinski definition) is 3. The number of rotatable bonds is 7. The van der Waals surface area contributed by atoms with Gasteiger partial charge in [0.15, 0.2) is 5.96 Å². The Morgan fingerprint density at radius 1 is 1.09 bits per heavy atom. The van der Waals surface area contributed by atoms with Gasteiger partial charge in [-0.1, -0.05) is 24.3 Å². The van der Waals surface area contributed by atoms with Gasteiger partial charge >= 0.3 is 0 Å². The van der Waals surface area contributed by atoms with Crippen LogP contribution in [0.1, 0.15) is 43.7 Å². The molecule has 1 aliphatic carbocycles. The van der Waals surface area contributed by atoms with Crippen LogP contribution in [0.3, 0.4) is 0 Å². The summed E-state index contributed by atoms with van der Waals surface area (Å²) in [5.41, 5.74) is 1.94. The van der Waals surface area contributed by atoms with Crippen LogP contribution in [0.2, 0.25) is 0 Å². The summed E-state index contributed by atoms with van der Waals surface area (Å²) in [5.74, 6) is 0.223. The fourth-order valence-electron chi connectivity index (χ4n) is 4.36. The smallest absolute Gasteiger partial charge is 0.191 e. The zero-order valence-corrected chi connectivity index (χ0v) is 21.3. The summed E-state index contributed by atoms with van der Waals surface area (Å²) in [5, 5.41) is 16.2. The molecule has 2 aliphatic rings. The lowest BCUT2D eigenvalue weighted by atomic mass is 9.95. The van der Waals surface area contributed by atoms with Crippen molar-refractivity contribution in [1.82, 2.24) is 10.6 Å². The molecule has 0 atom stereocenters. The lowest BCUT2D eigenvalue weighted by Gasteiger charge is -2.31. The molecule has 180 valence electrons. The van der Waals surface area contributed by atoms with Gasteiger partial charge in [-0.25, -0.2) is 13.8 Å². The first-order valence-electron chi connectivity index (χ1n) is 11.5. The Morgan fingerprint density at radius 3 is 2.45 bits per heavy atom. The third-order valence-corrected chi connectivity index (χ3v) is 6.47. The second-order valence-electron chi connectivity index (χ2n) is 8.81. The third-order valence-electron chi connectivity index (χ3n) is 6.47. The van der Waals surface area contributed by atoms with Gasteiger partial charge in [0.05, 0.1) is 18.3 Å². The van der Waals surface area contributed by atoms with E-state index in [9.17, 15) is 13.9 Å². The highest BCUT2D eigenvalue weighted by Gasteiger charge is 2.45. The minimum absolute atomic E-state index is 0. The molecule has 0 amide bonds. The van der Waals surface area contributed by atoms with Crippen molar-refractivity contribution in [3.63, 3.8) is 0 Å². The summed E-state index contributed by atoms with van der Waals surface area (Å²) >= 11 is 0. The number of nitrogens with one attached hydrogen (secondary N) is 2. The first kappa shape index (κ1) is 25.7. The number of aliphatic imine (C=N–C) groups is 1. The van der Waals surface area contributed by atoms with Gasteiger partial charge in [0.25, 0.3) is 0 Å². The van der Waals surface area contributed by atoms with Crippen molar-refractivity contribution in [3.05, 3.63) is 65.2 Å². The first-order valence-corrected chi connectivity index (χ1v) is 11.5. The third kappa shape index (κ3) is 6.35. The molecular weight excluding hydrogens is 537 g/mol. The zero-order chi connectivity index (χ0) is 22.6. The topological polar surface area (TPSA) is 59.9 Å². The molecule has 33 heavy (non-hydrogen) atoms. The number of guanidine groups is 1. The number of piperidine rings is 1. The van der Waals surface area contributed by atoms with E-state index in [2.05, 4.69) is 15.6 Å². The van der Waals surface area contributed by atoms with Gasteiger partial charge < -0.3 is 20.6 Å². The van der Waals surface area contributed by atoms with Gasteiger partial charge in [-0.05, 0) is 61.9 Å². The lowest BCUT2D eigenvalue weighted by molar-refractivity contribution is 0.145. The van der Waals surface area contributed by atoms with Crippen LogP contribution in [0.15, 0.2) is 47.5 Å². The van der Waals surface area contributed by atoms with Crippen LogP contribution in [0, 0.1) is 11.6 Å². The fraction of sp³-hybridized carbons (Fsp3) is 0.480. The Bertz CT molecular complexity index is 959. The average molecular weight is 570 g/mol. The number of aliphatic hydroxyl groups is 1. The lowest BCUT2D eigenvalue weighted by Crippen LogP contribution is -2.41. The maximum Gasteiger partial charge on any atom is 0.191 e. The maximum atomic E-state index is 14.7. The summed E-state index contributed by atoms with van der Waals surface area (Å²) in [7, 11) is 0. The van der Waals surface area contributed by atoms with E-state index in [0.717, 1.165) is 24.0 Å². The molecule has 0 spiro atoms. The number of benzene rings is 2. The van der Waals surface area contributed by atoms with Crippen molar-refractivity contribution in [2.24, 2.45) is 4.99 Å². The van der Waals surface area contributed by atoms with Gasteiger partial charge in [0, 0.05) is 31.6 Å². The van der Waals surface area contributed by atoms with Crippen LogP contribution >= 0.6 is 24.0 Å². The maximum absolute atomic E-state index is 14.7. The number of nitrogens with zero attached hydrogens (tertiary/aromatic N) is 2. The van der Waals surface area contributed by atoms with Gasteiger partial charge in [-0.3, -0.25) is 0 Å². The van der Waals surface area contributed by atoms with Crippen LogP contribution in [0.25, 0.3) is 0 Å². The van der Waals surface area contributed by atoms with Crippen molar-refractivity contribution in [1.29, 1.82) is 0 Å². The van der Waals surface area contributed by atoms with Gasteiger partial charge in [0.2, 0.25) is 0 Å². The van der Waals surface area contributed by atoms with Crippen LogP contribution in [-0.2, 0) is 12.0 Å². The summed E-state index contributed by atoms with van der Waals surface area (Å²) in [4.78, 5) is 6.60. The zero-order valence-electron chi connectivity index (χ0n) is 19.0. The molecule has 0 bridgehead atoms. The minimum Gasteiger partial charge on any atom is -0.393 e. The van der Waals surface area contributed by atoms with E-state index < -0.39 is 0 Å². The number of hydrogen-bond donors (Lipinski definition) is 3. The van der Waals surface area contributed by atoms with Crippen molar-refractivity contribution in [2.45, 2.75) is 50.7 Å². The van der Waals surface area contributed by atoms with E-state index in [4.69, 9.17) is 0 Å². The van der Waals surface area contributed by atoms with Gasteiger partial charge in [0.1, 0.15) is 11.6 Å². The van der Waals surface area contributed by atoms with Gasteiger partial charge in [-0.2, -0.15) is 0 Å². The Morgan fingerprint density at radius 2 is 1.82 bits per heavy atom. The molecule has 1 saturated carbocycles. The molecule has 0 aromatic heterocycles. The molecular formula is C25H33F2IN4O. The fourth-order valence-corrected chi connectivity index (χ4v) is 4.36. The molecule has 4 rings (SSSR count). The van der Waals surface area contributed by atoms with E-state index in [1.807, 2.05) is 30.0 Å². The molecule has 1 aliphatic heterocycles. The number of halogens is 3. The second-order valence-corrected chi connectivity index (χ2v) is 8.81. The summed E-state index contributed by atoms with van der Waals surface area (Å²) in [6.07, 6.45) is 2.93. The summed E-state index contributed by atoms with van der Waals surface area (Å²) < 4.78 is 29.0. The highest BCUT2D eigenvalue weighted by molar-refractivity contribution is 14.0. The van der Waals surface area contributed by atoms with Crippen molar-refractivity contribution in [2.75, 3.05) is 31.1 Å². The van der Waals surface area contributed by atoms with Crippen molar-refractivity contribution in [3.8, 4) is 0 Å². The second kappa shape index (κ2) is 11.5. The highest BCUT2D eigenvalue weighted by Crippen LogP contribution is 2.48. The van der Waals surface area contributed by atoms with E-state index in [1.165, 1.54) is 12.1 Å². The molecule has 8 heteroatoms. The van der Waals surface area contributed by atoms with Crippen LogP contribution in [-0.4, -0.2) is 43.3 Å². The van der Waals surface area contributed by atoms with Gasteiger partial charge in [-0.15, -0.1) is 24.0 Å². The molecule has 0 unspecified atom stereocenters. The predicted molar refractivity (Wildman–Crippen MR) is 139 cm³/mol. The normalized spacial score (nSPS) is 17.9. The molecule has 1 saturated heterocycles. The molecule has 1 heterocycles. The first-order chi connectivity index (χ1) is 15.5. The molecule has 0 radical (unpaired) electrons. The van der Waals surface area contributed by atoms with E-state index >= 15 is 0 Å². The standard InChI is InChI=1S/C25H32F2N4O.HI/c1-2-28-24(30-17-25(11-12-25)20-5-3-4-6-21(20)26)29-16-18-7-8-23(22(27)15-18)31-13-9-19(32)10-14-31;/h3-8,15,19,32H,2,9-14,16-17H2,1H3,(H2,28,29,30);1H. The Kier molecular flexibility index (Phi) is 8.92. The van der Waals surface area contributed by atoms with Crippen molar-refractivity contribution >= 4 is 35.6 Å². The van der Waals surface area contributed by atoms with E-state index in [0.29, 0.717) is 57.2 Å². The van der Waals surface area contributed by atoms with Crippen LogP contribution < -0.4 is 15.5 Å². The number of aliphatic hydroxyl groups excluding tert-OH is 1. The molecule has 2 aromatic carbocycles. The summed E-state index contributed by atoms with van der Waals surface area (Å²) in [6, 6.07) is 12.2. The highest BCUT2D eigenvalue weighted by atomic mass is 127. The van der Waals surface area contributed by atoms with Crippen LogP contribution in [0.4, 0.5) is 14.5 Å². The molecule has 2 aromatic rings. The number of anilines is 1. The average Bonchev–Trinajstić information content (AvgIpc) is 3.58. The Balaban J connectivity index is 0.00000306. The molecule has 5 nitrogen and oxygen atoms in total. The monoisotopic (exact) mass is 570 g/mol. The Labute approximate surface area is 211 Å². The minimum atomic E-state index is -0.284. The Hall–Kier alpha value is -1.94. The van der Waals surface area contributed by atoms with E-state index in [1.54, 1.807) is 12.1 Å².